The lowest BCUT2D eigenvalue weighted by Gasteiger charge is -2.28. The van der Waals surface area contributed by atoms with Gasteiger partial charge in [-0.25, -0.2) is 0 Å². The van der Waals surface area contributed by atoms with Crippen LogP contribution in [0.1, 0.15) is 26.2 Å². The minimum atomic E-state index is -0.930. The van der Waals surface area contributed by atoms with Gasteiger partial charge in [0.2, 0.25) is 0 Å². The van der Waals surface area contributed by atoms with Crippen molar-refractivity contribution in [2.45, 2.75) is 38.3 Å². The molecule has 3 nitrogen and oxygen atoms in total. The Balaban J connectivity index is 2.06. The van der Waals surface area contributed by atoms with E-state index in [1.54, 1.807) is 6.26 Å². The van der Waals surface area contributed by atoms with Gasteiger partial charge in [0.1, 0.15) is 0 Å². The third-order valence-corrected chi connectivity index (χ3v) is 3.71. The Labute approximate surface area is 81.5 Å². The van der Waals surface area contributed by atoms with E-state index in [1.807, 2.05) is 0 Å². The maximum atomic E-state index is 11.2. The molecule has 4 unspecified atom stereocenters. The second-order valence-electron chi connectivity index (χ2n) is 4.12. The average molecular weight is 200 g/mol. The standard InChI is InChI=1S/C9H16N2OS/c1-6-3-4-7-8(5-6)11-9(10-7)13(2)12/h6-8H,3-5H2,1-2H3,(H,10,11). The molecule has 4 heteroatoms. The molecule has 0 amide bonds. The van der Waals surface area contributed by atoms with Crippen molar-refractivity contribution in [1.29, 1.82) is 0 Å². The van der Waals surface area contributed by atoms with Crippen molar-refractivity contribution in [2.24, 2.45) is 10.9 Å². The molecule has 1 heterocycles. The summed E-state index contributed by atoms with van der Waals surface area (Å²) in [7, 11) is -0.930. The van der Waals surface area contributed by atoms with Crippen LogP contribution in [0.5, 0.6) is 0 Å². The summed E-state index contributed by atoms with van der Waals surface area (Å²) in [5.41, 5.74) is 0. The first kappa shape index (κ1) is 9.19. The van der Waals surface area contributed by atoms with Crippen LogP contribution >= 0.6 is 0 Å². The monoisotopic (exact) mass is 200 g/mol. The number of aliphatic imine (C=N–C) groups is 1. The molecule has 2 aliphatic rings. The normalized spacial score (nSPS) is 40.5. The van der Waals surface area contributed by atoms with Gasteiger partial charge in [-0.3, -0.25) is 9.20 Å². The van der Waals surface area contributed by atoms with E-state index in [-0.39, 0.29) is 0 Å². The molecule has 1 aliphatic heterocycles. The maximum absolute atomic E-state index is 11.2. The molecule has 1 fully saturated rings. The van der Waals surface area contributed by atoms with E-state index < -0.39 is 10.8 Å². The van der Waals surface area contributed by atoms with Crippen LogP contribution in [0.2, 0.25) is 0 Å². The lowest BCUT2D eigenvalue weighted by atomic mass is 9.84. The average Bonchev–Trinajstić information content (AvgIpc) is 2.46. The van der Waals surface area contributed by atoms with Crippen molar-refractivity contribution in [3.05, 3.63) is 0 Å². The Hall–Kier alpha value is -0.380. The number of rotatable bonds is 0. The van der Waals surface area contributed by atoms with Crippen LogP contribution < -0.4 is 5.32 Å². The zero-order valence-electron chi connectivity index (χ0n) is 8.12. The van der Waals surface area contributed by atoms with E-state index >= 15 is 0 Å². The largest absolute Gasteiger partial charge is 0.358 e. The van der Waals surface area contributed by atoms with Crippen LogP contribution in [0, 0.1) is 5.92 Å². The summed E-state index contributed by atoms with van der Waals surface area (Å²) in [5, 5.41) is 3.98. The highest BCUT2D eigenvalue weighted by atomic mass is 32.2. The van der Waals surface area contributed by atoms with Gasteiger partial charge < -0.3 is 5.32 Å². The highest BCUT2D eigenvalue weighted by Gasteiger charge is 2.34. The Morgan fingerprint density at radius 3 is 3.00 bits per heavy atom. The quantitative estimate of drug-likeness (QED) is 0.630. The van der Waals surface area contributed by atoms with Crippen molar-refractivity contribution < 1.29 is 4.21 Å². The Bertz CT molecular complexity index is 264. The van der Waals surface area contributed by atoms with Gasteiger partial charge in [-0.15, -0.1) is 0 Å². The van der Waals surface area contributed by atoms with Gasteiger partial charge >= 0.3 is 0 Å². The van der Waals surface area contributed by atoms with Crippen LogP contribution in [0.3, 0.4) is 0 Å². The van der Waals surface area contributed by atoms with Crippen LogP contribution in [0.25, 0.3) is 0 Å². The lowest BCUT2D eigenvalue weighted by molar-refractivity contribution is 0.306. The molecule has 1 aliphatic carbocycles. The van der Waals surface area contributed by atoms with Crippen LogP contribution in [-0.4, -0.2) is 27.7 Å². The molecule has 2 rings (SSSR count). The first-order valence-corrected chi connectivity index (χ1v) is 6.40. The molecule has 0 aromatic carbocycles. The predicted octanol–water partition coefficient (Wildman–Crippen LogP) is 0.881. The van der Waals surface area contributed by atoms with Gasteiger partial charge in [0.05, 0.1) is 22.9 Å². The number of nitrogens with zero attached hydrogens (tertiary/aromatic N) is 1. The first-order chi connectivity index (χ1) is 6.16. The molecule has 1 saturated carbocycles. The predicted molar refractivity (Wildman–Crippen MR) is 55.2 cm³/mol. The van der Waals surface area contributed by atoms with E-state index in [0.29, 0.717) is 17.3 Å². The smallest absolute Gasteiger partial charge is 0.187 e. The summed E-state index contributed by atoms with van der Waals surface area (Å²) in [4.78, 5) is 4.45. The van der Waals surface area contributed by atoms with Crippen LogP contribution in [0.15, 0.2) is 4.99 Å². The number of nitrogens with one attached hydrogen (secondary N) is 1. The summed E-state index contributed by atoms with van der Waals surface area (Å²) in [6.45, 7) is 2.28. The van der Waals surface area contributed by atoms with Gasteiger partial charge in [0.15, 0.2) is 5.17 Å². The third-order valence-electron chi connectivity index (χ3n) is 2.94. The molecule has 74 valence electrons. The number of fused-ring (bicyclic) bond motifs is 1. The Morgan fingerprint density at radius 2 is 2.31 bits per heavy atom. The second-order valence-corrected chi connectivity index (χ2v) is 5.42. The molecule has 4 atom stereocenters. The van der Waals surface area contributed by atoms with Gasteiger partial charge in [0, 0.05) is 6.26 Å². The molecule has 0 saturated heterocycles. The van der Waals surface area contributed by atoms with E-state index in [9.17, 15) is 4.21 Å². The van der Waals surface area contributed by atoms with Gasteiger partial charge in [-0.05, 0) is 25.2 Å². The molecular formula is C9H16N2OS. The number of hydrogen-bond donors (Lipinski definition) is 1. The molecule has 0 bridgehead atoms. The number of hydrogen-bond acceptors (Lipinski definition) is 3. The second kappa shape index (κ2) is 3.40. The highest BCUT2D eigenvalue weighted by Crippen LogP contribution is 2.29. The molecule has 0 aromatic rings. The fourth-order valence-corrected chi connectivity index (χ4v) is 2.78. The van der Waals surface area contributed by atoms with E-state index in [0.717, 1.165) is 12.3 Å². The minimum absolute atomic E-state index is 0.398. The van der Waals surface area contributed by atoms with Gasteiger partial charge in [-0.1, -0.05) is 6.92 Å². The zero-order chi connectivity index (χ0) is 9.42. The van der Waals surface area contributed by atoms with E-state index in [2.05, 4.69) is 17.2 Å². The summed E-state index contributed by atoms with van der Waals surface area (Å²) in [5.74, 6) is 0.786. The van der Waals surface area contributed by atoms with E-state index in [1.165, 1.54) is 12.8 Å². The van der Waals surface area contributed by atoms with Gasteiger partial charge in [0.25, 0.3) is 0 Å². The van der Waals surface area contributed by atoms with Crippen molar-refractivity contribution in [3.8, 4) is 0 Å². The molecule has 0 aromatic heterocycles. The summed E-state index contributed by atoms with van der Waals surface area (Å²) in [6.07, 6.45) is 5.27. The fourth-order valence-electron chi connectivity index (χ4n) is 2.18. The van der Waals surface area contributed by atoms with Crippen molar-refractivity contribution in [2.75, 3.05) is 6.26 Å². The van der Waals surface area contributed by atoms with Crippen LogP contribution in [0.4, 0.5) is 0 Å². The summed E-state index contributed by atoms with van der Waals surface area (Å²) < 4.78 is 11.2. The maximum Gasteiger partial charge on any atom is 0.187 e. The molecule has 0 radical (unpaired) electrons. The van der Waals surface area contributed by atoms with Crippen molar-refractivity contribution in [1.82, 2.24) is 5.32 Å². The zero-order valence-corrected chi connectivity index (χ0v) is 8.93. The lowest BCUT2D eigenvalue weighted by Crippen LogP contribution is -2.39. The Kier molecular flexibility index (Phi) is 2.41. The minimum Gasteiger partial charge on any atom is -0.358 e. The Morgan fingerprint density at radius 1 is 1.54 bits per heavy atom. The number of amidine groups is 1. The SMILES string of the molecule is CC1CCC2N=C(S(C)=O)NC2C1. The van der Waals surface area contributed by atoms with Gasteiger partial charge in [-0.2, -0.15) is 0 Å². The van der Waals surface area contributed by atoms with E-state index in [4.69, 9.17) is 0 Å². The topological polar surface area (TPSA) is 41.5 Å². The summed E-state index contributed by atoms with van der Waals surface area (Å²) >= 11 is 0. The highest BCUT2D eigenvalue weighted by molar-refractivity contribution is 7.99. The molecule has 1 N–H and O–H groups in total. The van der Waals surface area contributed by atoms with Crippen molar-refractivity contribution in [3.63, 3.8) is 0 Å². The molecule has 13 heavy (non-hydrogen) atoms. The fraction of sp³-hybridized carbons (Fsp3) is 0.889. The third kappa shape index (κ3) is 1.77. The summed E-state index contributed by atoms with van der Waals surface area (Å²) in [6, 6.07) is 0.859. The molecular weight excluding hydrogens is 184 g/mol. The molecule has 0 spiro atoms. The van der Waals surface area contributed by atoms with Crippen molar-refractivity contribution >= 4 is 16.0 Å². The first-order valence-electron chi connectivity index (χ1n) is 4.84. The van der Waals surface area contributed by atoms with Crippen LogP contribution in [-0.2, 0) is 10.8 Å².